The molecule has 1 rings (SSSR count). The largest absolute Gasteiger partial charge is 0.444 e. The number of terminal acetylenes is 1. The summed E-state index contributed by atoms with van der Waals surface area (Å²) in [5.74, 6) is -0.691. The van der Waals surface area contributed by atoms with Gasteiger partial charge >= 0.3 is 12.3 Å². The first-order valence-corrected chi connectivity index (χ1v) is 9.48. The van der Waals surface area contributed by atoms with Crippen molar-refractivity contribution in [2.45, 2.75) is 84.2 Å². The number of aliphatic hydroxyl groups is 1. The van der Waals surface area contributed by atoms with Crippen molar-refractivity contribution in [3.8, 4) is 12.8 Å². The molecule has 0 aliphatic carbocycles. The third-order valence-corrected chi connectivity index (χ3v) is 4.14. The molecular formula is C20H35F3N2O4. The van der Waals surface area contributed by atoms with Crippen LogP contribution in [-0.2, 0) is 9.53 Å². The lowest BCUT2D eigenvalue weighted by molar-refractivity contribution is -0.167. The maximum absolute atomic E-state index is 12.3. The van der Waals surface area contributed by atoms with E-state index < -0.39 is 30.7 Å². The van der Waals surface area contributed by atoms with E-state index in [4.69, 9.17) is 4.74 Å². The van der Waals surface area contributed by atoms with Gasteiger partial charge in [-0.15, -0.1) is 12.8 Å². The van der Waals surface area contributed by atoms with E-state index in [1.54, 1.807) is 0 Å². The lowest BCUT2D eigenvalue weighted by Gasteiger charge is -2.41. The standard InChI is InChI=1S/C12H20F3NO2.C6H13NO2.C2H2/c1-3-9-4-5-10(8(2)17)16(7-9)11(18)6-12(13,14)15;1-6(2,3)9-5(8)7-4;1-2/h8-10,17H,3-7H2,1-2H3;1-4H3,(H,7,8);1-2H/t8-,9?,10?;;/m0../s1. The van der Waals surface area contributed by atoms with Crippen LogP contribution in [0, 0.1) is 18.8 Å². The number of carbonyl (C=O) groups is 2. The normalized spacial score (nSPS) is 20.2. The van der Waals surface area contributed by atoms with Crippen LogP contribution in [0.3, 0.4) is 0 Å². The highest BCUT2D eigenvalue weighted by Crippen LogP contribution is 2.29. The summed E-state index contributed by atoms with van der Waals surface area (Å²) < 4.78 is 41.6. The molecule has 0 saturated carbocycles. The highest BCUT2D eigenvalue weighted by atomic mass is 19.4. The summed E-state index contributed by atoms with van der Waals surface area (Å²) in [6.07, 6.45) is 3.15. The molecule has 1 aliphatic heterocycles. The molecule has 6 nitrogen and oxygen atoms in total. The molecule has 0 spiro atoms. The molecule has 2 N–H and O–H groups in total. The van der Waals surface area contributed by atoms with Gasteiger partial charge in [0, 0.05) is 13.6 Å². The quantitative estimate of drug-likeness (QED) is 0.677. The van der Waals surface area contributed by atoms with Crippen molar-refractivity contribution in [3.05, 3.63) is 0 Å². The van der Waals surface area contributed by atoms with Crippen LogP contribution in [0.25, 0.3) is 0 Å². The SMILES string of the molecule is C#C.CCC1CCC([C@H](C)O)N(C(=O)CC(F)(F)F)C1.CNC(=O)OC(C)(C)C. The first-order chi connectivity index (χ1) is 13.2. The number of amides is 2. The molecule has 0 radical (unpaired) electrons. The number of carbonyl (C=O) groups excluding carboxylic acids is 2. The second-order valence-electron chi connectivity index (χ2n) is 7.75. The molecule has 3 atom stereocenters. The second kappa shape index (κ2) is 13.3. The van der Waals surface area contributed by atoms with Crippen LogP contribution in [0.2, 0.25) is 0 Å². The van der Waals surface area contributed by atoms with Crippen molar-refractivity contribution in [2.75, 3.05) is 13.6 Å². The van der Waals surface area contributed by atoms with Gasteiger partial charge in [-0.1, -0.05) is 13.3 Å². The number of halogens is 3. The third-order valence-electron chi connectivity index (χ3n) is 4.14. The molecule has 0 aromatic carbocycles. The third kappa shape index (κ3) is 13.8. The number of ether oxygens (including phenoxy) is 1. The number of rotatable bonds is 3. The van der Waals surface area contributed by atoms with Crippen LogP contribution >= 0.6 is 0 Å². The fourth-order valence-corrected chi connectivity index (χ4v) is 2.79. The van der Waals surface area contributed by atoms with Gasteiger partial charge in [-0.25, -0.2) is 4.79 Å². The van der Waals surface area contributed by atoms with Gasteiger partial charge in [0.05, 0.1) is 12.1 Å². The van der Waals surface area contributed by atoms with Crippen LogP contribution in [0.1, 0.15) is 60.3 Å². The lowest BCUT2D eigenvalue weighted by Crippen LogP contribution is -2.52. The molecule has 9 heteroatoms. The van der Waals surface area contributed by atoms with E-state index >= 15 is 0 Å². The number of hydrogen-bond acceptors (Lipinski definition) is 4. The average molecular weight is 425 g/mol. The summed E-state index contributed by atoms with van der Waals surface area (Å²) in [5, 5.41) is 11.9. The van der Waals surface area contributed by atoms with Crippen molar-refractivity contribution in [3.63, 3.8) is 0 Å². The van der Waals surface area contributed by atoms with E-state index in [1.807, 2.05) is 27.7 Å². The summed E-state index contributed by atoms with van der Waals surface area (Å²) in [6, 6.07) is -0.484. The van der Waals surface area contributed by atoms with Gasteiger partial charge in [0.1, 0.15) is 12.0 Å². The zero-order valence-corrected chi connectivity index (χ0v) is 18.2. The molecule has 2 amide bonds. The molecular weight excluding hydrogens is 389 g/mol. The maximum Gasteiger partial charge on any atom is 0.407 e. The molecule has 0 aromatic rings. The molecule has 2 unspecified atom stereocenters. The molecule has 1 fully saturated rings. The van der Waals surface area contributed by atoms with Crippen LogP contribution in [0.15, 0.2) is 0 Å². The molecule has 29 heavy (non-hydrogen) atoms. The first kappa shape index (κ1) is 29.3. The second-order valence-corrected chi connectivity index (χ2v) is 7.75. The van der Waals surface area contributed by atoms with Gasteiger partial charge in [-0.05, 0) is 46.5 Å². The van der Waals surface area contributed by atoms with Gasteiger partial charge in [0.25, 0.3) is 0 Å². The summed E-state index contributed by atoms with van der Waals surface area (Å²) in [5.41, 5.74) is -0.389. The van der Waals surface area contributed by atoms with Crippen LogP contribution in [0.5, 0.6) is 0 Å². The Balaban J connectivity index is 0. The Morgan fingerprint density at radius 3 is 2.07 bits per heavy atom. The minimum absolute atomic E-state index is 0.234. The minimum atomic E-state index is -4.49. The number of aliphatic hydroxyl groups excluding tert-OH is 1. The monoisotopic (exact) mass is 424 g/mol. The van der Waals surface area contributed by atoms with Crippen LogP contribution in [0.4, 0.5) is 18.0 Å². The Hall–Kier alpha value is -1.95. The average Bonchev–Trinajstić information content (AvgIpc) is 2.60. The van der Waals surface area contributed by atoms with E-state index in [-0.39, 0.29) is 17.6 Å². The van der Waals surface area contributed by atoms with Crippen molar-refractivity contribution >= 4 is 12.0 Å². The Morgan fingerprint density at radius 2 is 1.76 bits per heavy atom. The van der Waals surface area contributed by atoms with Crippen molar-refractivity contribution in [1.29, 1.82) is 0 Å². The number of alkyl halides is 3. The van der Waals surface area contributed by atoms with Crippen molar-refractivity contribution in [2.24, 2.45) is 5.92 Å². The first-order valence-electron chi connectivity index (χ1n) is 9.48. The molecule has 0 bridgehead atoms. The Bertz CT molecular complexity index is 514. The molecule has 170 valence electrons. The van der Waals surface area contributed by atoms with Gasteiger partial charge in [0.15, 0.2) is 0 Å². The summed E-state index contributed by atoms with van der Waals surface area (Å²) in [7, 11) is 1.54. The van der Waals surface area contributed by atoms with Crippen LogP contribution < -0.4 is 5.32 Å². The van der Waals surface area contributed by atoms with Gasteiger partial charge in [-0.2, -0.15) is 13.2 Å². The predicted molar refractivity (Wildman–Crippen MR) is 106 cm³/mol. The zero-order chi connectivity index (χ0) is 23.4. The molecule has 1 heterocycles. The van der Waals surface area contributed by atoms with Gasteiger partial charge < -0.3 is 20.1 Å². The zero-order valence-electron chi connectivity index (χ0n) is 18.2. The number of hydrogen-bond donors (Lipinski definition) is 2. The Labute approximate surface area is 172 Å². The van der Waals surface area contributed by atoms with Crippen molar-refractivity contribution < 1.29 is 32.6 Å². The molecule has 0 aromatic heterocycles. The molecule has 1 aliphatic rings. The Morgan fingerprint density at radius 1 is 1.24 bits per heavy atom. The van der Waals surface area contributed by atoms with E-state index in [1.165, 1.54) is 18.9 Å². The minimum Gasteiger partial charge on any atom is -0.444 e. The highest BCUT2D eigenvalue weighted by Gasteiger charge is 2.39. The van der Waals surface area contributed by atoms with Gasteiger partial charge in [0.2, 0.25) is 5.91 Å². The number of nitrogens with one attached hydrogen (secondary N) is 1. The smallest absolute Gasteiger partial charge is 0.407 e. The summed E-state index contributed by atoms with van der Waals surface area (Å²) in [4.78, 5) is 23.4. The maximum atomic E-state index is 12.3. The number of nitrogens with zero attached hydrogens (tertiary/aromatic N) is 1. The molecule has 1 saturated heterocycles. The van der Waals surface area contributed by atoms with E-state index in [0.29, 0.717) is 13.0 Å². The Kier molecular flexibility index (Phi) is 13.4. The number of likely N-dealkylation sites (tertiary alicyclic amines) is 1. The highest BCUT2D eigenvalue weighted by molar-refractivity contribution is 5.77. The van der Waals surface area contributed by atoms with E-state index in [0.717, 1.165) is 12.8 Å². The number of alkyl carbamates (subject to hydrolysis) is 1. The summed E-state index contributed by atoms with van der Waals surface area (Å²) in [6.45, 7) is 9.26. The fraction of sp³-hybridized carbons (Fsp3) is 0.800. The summed E-state index contributed by atoms with van der Waals surface area (Å²) >= 11 is 0. The lowest BCUT2D eigenvalue weighted by atomic mass is 9.88. The number of piperidine rings is 1. The van der Waals surface area contributed by atoms with E-state index in [2.05, 4.69) is 18.2 Å². The van der Waals surface area contributed by atoms with Gasteiger partial charge in [-0.3, -0.25) is 4.79 Å². The van der Waals surface area contributed by atoms with Crippen LogP contribution in [-0.4, -0.2) is 59.5 Å². The topological polar surface area (TPSA) is 78.9 Å². The van der Waals surface area contributed by atoms with E-state index in [9.17, 15) is 27.9 Å². The van der Waals surface area contributed by atoms with Crippen molar-refractivity contribution in [1.82, 2.24) is 10.2 Å². The predicted octanol–water partition coefficient (Wildman–Crippen LogP) is 3.73. The fourth-order valence-electron chi connectivity index (χ4n) is 2.79.